The van der Waals surface area contributed by atoms with Gasteiger partial charge in [-0.05, 0) is 24.3 Å². The van der Waals surface area contributed by atoms with E-state index in [4.69, 9.17) is 0 Å². The monoisotopic (exact) mass is 347 g/mol. The van der Waals surface area contributed by atoms with Crippen LogP contribution in [0.15, 0.2) is 72.8 Å². The number of anilines is 1. The zero-order valence-corrected chi connectivity index (χ0v) is 13.9. The average molecular weight is 347 g/mol. The number of para-hydroxylation sites is 1. The van der Waals surface area contributed by atoms with Gasteiger partial charge in [-0.3, -0.25) is 19.7 Å². The molecule has 0 spiro atoms. The Morgan fingerprint density at radius 3 is 2.72 bits per heavy atom. The van der Waals surface area contributed by atoms with Crippen molar-refractivity contribution >= 4 is 22.4 Å². The van der Waals surface area contributed by atoms with Gasteiger partial charge in [0.05, 0.1) is 18.2 Å². The highest BCUT2D eigenvalue weighted by Crippen LogP contribution is 2.24. The van der Waals surface area contributed by atoms with Gasteiger partial charge < -0.3 is 0 Å². The first-order chi connectivity index (χ1) is 12.3. The predicted octanol–water partition coefficient (Wildman–Crippen LogP) is 3.64. The summed E-state index contributed by atoms with van der Waals surface area (Å²) in [5, 5.41) is 5.25. The molecule has 1 N–H and O–H groups in total. The van der Waals surface area contributed by atoms with Crippen molar-refractivity contribution in [3.63, 3.8) is 0 Å². The van der Waals surface area contributed by atoms with Gasteiger partial charge >= 0.3 is 0 Å². The lowest BCUT2D eigenvalue weighted by Gasteiger charge is -2.07. The van der Waals surface area contributed by atoms with Crippen molar-refractivity contribution in [2.45, 2.75) is 0 Å². The Balaban J connectivity index is 1.56. The van der Waals surface area contributed by atoms with Crippen LogP contribution in [0, 0.1) is 0 Å². The first kappa shape index (κ1) is 15.2. The molecule has 3 heterocycles. The number of carbonyl (C=O) groups excluding carboxylic acids is 1. The minimum atomic E-state index is -0.256. The van der Waals surface area contributed by atoms with Gasteiger partial charge in [0.15, 0.2) is 5.13 Å². The molecule has 7 heteroatoms. The molecule has 3 aromatic heterocycles. The number of hydrogen-bond donors (Lipinski definition) is 1. The second-order valence-corrected chi connectivity index (χ2v) is 6.08. The molecule has 0 saturated carbocycles. The van der Waals surface area contributed by atoms with Crippen molar-refractivity contribution in [2.24, 2.45) is 0 Å². The summed E-state index contributed by atoms with van der Waals surface area (Å²) in [6.45, 7) is 0. The van der Waals surface area contributed by atoms with Crippen molar-refractivity contribution in [3.05, 3.63) is 78.5 Å². The molecule has 0 aliphatic heterocycles. The first-order valence-electron chi connectivity index (χ1n) is 7.56. The first-order valence-corrected chi connectivity index (χ1v) is 8.44. The van der Waals surface area contributed by atoms with Crippen LogP contribution in [0.2, 0.25) is 0 Å². The molecule has 25 heavy (non-hydrogen) atoms. The van der Waals surface area contributed by atoms with Gasteiger partial charge in [0.1, 0.15) is 5.69 Å². The van der Waals surface area contributed by atoms with Gasteiger partial charge in [-0.2, -0.15) is 0 Å². The molecule has 0 unspecified atom stereocenters. The highest BCUT2D eigenvalue weighted by Gasteiger charge is 2.15. The van der Waals surface area contributed by atoms with Crippen molar-refractivity contribution in [2.75, 3.05) is 5.32 Å². The number of benzene rings is 1. The second kappa shape index (κ2) is 6.66. The second-order valence-electron chi connectivity index (χ2n) is 5.22. The number of imidazole rings is 1. The molecule has 0 saturated heterocycles. The van der Waals surface area contributed by atoms with E-state index < -0.39 is 0 Å². The number of nitrogens with one attached hydrogen (secondary N) is 1. The molecule has 6 nitrogen and oxygen atoms in total. The molecule has 1 aromatic carbocycles. The fourth-order valence-electron chi connectivity index (χ4n) is 2.40. The van der Waals surface area contributed by atoms with Crippen molar-refractivity contribution in [1.82, 2.24) is 19.5 Å². The third-order valence-electron chi connectivity index (χ3n) is 3.59. The lowest BCUT2D eigenvalue weighted by molar-refractivity contribution is 0.102. The fraction of sp³-hybridized carbons (Fsp3) is 0. The van der Waals surface area contributed by atoms with Gasteiger partial charge in [0.2, 0.25) is 0 Å². The maximum absolute atomic E-state index is 12.6. The summed E-state index contributed by atoms with van der Waals surface area (Å²) in [5.74, 6) is -0.256. The number of carbonyl (C=O) groups is 1. The quantitative estimate of drug-likeness (QED) is 0.612. The highest BCUT2D eigenvalue weighted by atomic mass is 32.1. The van der Waals surface area contributed by atoms with Crippen LogP contribution in [0.3, 0.4) is 0 Å². The number of pyridine rings is 1. The normalized spacial score (nSPS) is 10.6. The Hall–Kier alpha value is -3.32. The Morgan fingerprint density at radius 1 is 1.04 bits per heavy atom. The number of hydrogen-bond acceptors (Lipinski definition) is 5. The number of thiazole rings is 1. The number of nitrogens with zero attached hydrogens (tertiary/aromatic N) is 4. The molecule has 122 valence electrons. The topological polar surface area (TPSA) is 72.7 Å². The number of aromatic nitrogens is 4. The average Bonchev–Trinajstić information content (AvgIpc) is 3.33. The molecule has 4 aromatic rings. The van der Waals surface area contributed by atoms with Crippen LogP contribution in [0.25, 0.3) is 16.9 Å². The predicted molar refractivity (Wildman–Crippen MR) is 96.9 cm³/mol. The largest absolute Gasteiger partial charge is 0.296 e. The van der Waals surface area contributed by atoms with E-state index in [1.54, 1.807) is 23.3 Å². The summed E-state index contributed by atoms with van der Waals surface area (Å²) in [4.78, 5) is 25.2. The highest BCUT2D eigenvalue weighted by molar-refractivity contribution is 7.14. The summed E-state index contributed by atoms with van der Waals surface area (Å²) < 4.78 is 1.74. The standard InChI is InChI=1S/C18H13N5OS/c24-17(16-10-20-12-23(16)14-6-2-1-3-7-14)22-18-21-15(11-25-18)13-5-4-8-19-9-13/h1-12H,(H,21,22,24). The lowest BCUT2D eigenvalue weighted by atomic mass is 10.2. The van der Waals surface area contributed by atoms with Crippen molar-refractivity contribution in [1.29, 1.82) is 0 Å². The zero-order chi connectivity index (χ0) is 17.1. The molecule has 0 bridgehead atoms. The summed E-state index contributed by atoms with van der Waals surface area (Å²) in [7, 11) is 0. The molecule has 0 aliphatic carbocycles. The van der Waals surface area contributed by atoms with Crippen molar-refractivity contribution < 1.29 is 4.79 Å². The van der Waals surface area contributed by atoms with E-state index in [-0.39, 0.29) is 5.91 Å². The summed E-state index contributed by atoms with van der Waals surface area (Å²) in [6.07, 6.45) is 6.61. The molecule has 0 aliphatic rings. The molecule has 0 radical (unpaired) electrons. The van der Waals surface area contributed by atoms with Gasteiger partial charge in [-0.25, -0.2) is 9.97 Å². The molecular formula is C18H13N5OS. The maximum Gasteiger partial charge on any atom is 0.276 e. The van der Waals surface area contributed by atoms with Gasteiger partial charge in [-0.1, -0.05) is 18.2 Å². The minimum Gasteiger partial charge on any atom is -0.296 e. The number of rotatable bonds is 4. The Bertz CT molecular complexity index is 995. The number of amides is 1. The van der Waals surface area contributed by atoms with E-state index in [1.807, 2.05) is 47.8 Å². The van der Waals surface area contributed by atoms with Crippen LogP contribution in [0.4, 0.5) is 5.13 Å². The third-order valence-corrected chi connectivity index (χ3v) is 4.35. The van der Waals surface area contributed by atoms with Crippen LogP contribution in [-0.4, -0.2) is 25.4 Å². The van der Waals surface area contributed by atoms with Gasteiger partial charge in [0.25, 0.3) is 5.91 Å². The van der Waals surface area contributed by atoms with Gasteiger partial charge in [-0.15, -0.1) is 11.3 Å². The van der Waals surface area contributed by atoms with Crippen LogP contribution < -0.4 is 5.32 Å². The molecule has 0 atom stereocenters. The van der Waals surface area contributed by atoms with Crippen molar-refractivity contribution in [3.8, 4) is 16.9 Å². The smallest absolute Gasteiger partial charge is 0.276 e. The van der Waals surface area contributed by atoms with E-state index in [1.165, 1.54) is 17.5 Å². The van der Waals surface area contributed by atoms with Crippen LogP contribution >= 0.6 is 11.3 Å². The maximum atomic E-state index is 12.6. The van der Waals surface area contributed by atoms with Gasteiger partial charge in [0, 0.05) is 29.0 Å². The van der Waals surface area contributed by atoms with E-state index in [0.717, 1.165) is 16.9 Å². The minimum absolute atomic E-state index is 0.256. The zero-order valence-electron chi connectivity index (χ0n) is 13.0. The molecule has 1 amide bonds. The Kier molecular flexibility index (Phi) is 4.05. The Labute approximate surface area is 147 Å². The fourth-order valence-corrected chi connectivity index (χ4v) is 3.11. The molecule has 4 rings (SSSR count). The summed E-state index contributed by atoms with van der Waals surface area (Å²) >= 11 is 1.37. The summed E-state index contributed by atoms with van der Waals surface area (Å²) in [5.41, 5.74) is 3.02. The molecular weight excluding hydrogens is 334 g/mol. The molecule has 0 fully saturated rings. The van der Waals surface area contributed by atoms with E-state index in [9.17, 15) is 4.79 Å². The van der Waals surface area contributed by atoms with Crippen LogP contribution in [0.5, 0.6) is 0 Å². The third kappa shape index (κ3) is 3.17. The van der Waals surface area contributed by atoms with Crippen LogP contribution in [0.1, 0.15) is 10.5 Å². The Morgan fingerprint density at radius 2 is 1.92 bits per heavy atom. The van der Waals surface area contributed by atoms with Crippen LogP contribution in [-0.2, 0) is 0 Å². The van der Waals surface area contributed by atoms with E-state index in [0.29, 0.717) is 10.8 Å². The summed E-state index contributed by atoms with van der Waals surface area (Å²) in [6, 6.07) is 13.4. The lowest BCUT2D eigenvalue weighted by Crippen LogP contribution is -2.15. The van der Waals surface area contributed by atoms with E-state index >= 15 is 0 Å². The SMILES string of the molecule is O=C(Nc1nc(-c2cccnc2)cs1)c1cncn1-c1ccccc1. The van der Waals surface area contributed by atoms with E-state index in [2.05, 4.69) is 20.3 Å².